The monoisotopic (exact) mass is 510 g/mol. The van der Waals surface area contributed by atoms with Crippen molar-refractivity contribution in [2.75, 3.05) is 12.3 Å². The van der Waals surface area contributed by atoms with Crippen molar-refractivity contribution in [2.45, 2.75) is 110 Å². The Bertz CT molecular complexity index is 273. The minimum atomic E-state index is -0.345. The maximum absolute atomic E-state index is 4.81. The molecule has 0 amide bonds. The fraction of sp³-hybridized carbons (Fsp3) is 1.00. The summed E-state index contributed by atoms with van der Waals surface area (Å²) in [6, 6.07) is 0. The first-order valence-corrected chi connectivity index (χ1v) is 16.4. The second kappa shape index (κ2) is 11.2. The van der Waals surface area contributed by atoms with E-state index < -0.39 is 0 Å². The summed E-state index contributed by atoms with van der Waals surface area (Å²) in [5.41, 5.74) is 0. The van der Waals surface area contributed by atoms with E-state index in [1.165, 1.54) is 18.7 Å². The molecular formula is C19H44Cl2P2Pd+2. The van der Waals surface area contributed by atoms with Crippen LogP contribution >= 0.6 is 34.9 Å². The first-order valence-electron chi connectivity index (χ1n) is 8.95. The summed E-state index contributed by atoms with van der Waals surface area (Å²) in [4.78, 5) is 0. The number of hydrogen-bond donors (Lipinski definition) is 0. The topological polar surface area (TPSA) is 0 Å². The van der Waals surface area contributed by atoms with E-state index in [4.69, 9.17) is 19.1 Å². The van der Waals surface area contributed by atoms with Crippen LogP contribution in [0, 0.1) is 0 Å². The maximum atomic E-state index is 4.81. The molecule has 0 fully saturated rings. The third-order valence-electron chi connectivity index (χ3n) is 4.47. The molecular weight excluding hydrogens is 467 g/mol. The molecule has 0 aromatic heterocycles. The molecule has 0 unspecified atom stereocenters. The Labute approximate surface area is 172 Å². The molecule has 5 heteroatoms. The molecule has 0 bridgehead atoms. The van der Waals surface area contributed by atoms with Crippen molar-refractivity contribution in [3.05, 3.63) is 0 Å². The Kier molecular flexibility index (Phi) is 13.2. The van der Waals surface area contributed by atoms with Crippen molar-refractivity contribution in [2.24, 2.45) is 0 Å². The number of rotatable bonds is 4. The van der Waals surface area contributed by atoms with Gasteiger partial charge in [0.15, 0.2) is 0 Å². The van der Waals surface area contributed by atoms with Gasteiger partial charge in [-0.3, -0.25) is 0 Å². The quantitative estimate of drug-likeness (QED) is 0.263. The van der Waals surface area contributed by atoms with Crippen LogP contribution in [0.3, 0.4) is 0 Å². The van der Waals surface area contributed by atoms with Crippen molar-refractivity contribution in [3.8, 4) is 0 Å². The molecule has 0 aromatic carbocycles. The van der Waals surface area contributed by atoms with Gasteiger partial charge in [0.25, 0.3) is 0 Å². The Hall–Kier alpha value is 2.10. The molecule has 0 aromatic rings. The molecule has 0 spiro atoms. The summed E-state index contributed by atoms with van der Waals surface area (Å²) < 4.78 is 0. The van der Waals surface area contributed by atoms with Gasteiger partial charge < -0.3 is 0 Å². The average Bonchev–Trinajstić information content (AvgIpc) is 2.21. The first kappa shape index (κ1) is 28.3. The number of hydrogen-bond acceptors (Lipinski definition) is 0. The summed E-state index contributed by atoms with van der Waals surface area (Å²) in [5.74, 6) is 0. The minimum absolute atomic E-state index is 0.106. The Morgan fingerprint density at radius 1 is 0.542 bits per heavy atom. The fourth-order valence-electron chi connectivity index (χ4n) is 4.19. The van der Waals surface area contributed by atoms with E-state index in [0.29, 0.717) is 20.6 Å². The second-order valence-corrected chi connectivity index (χ2v) is 22.1. The van der Waals surface area contributed by atoms with Gasteiger partial charge in [-0.2, -0.15) is 0 Å². The predicted octanol–water partition coefficient (Wildman–Crippen LogP) is 8.38. The molecule has 0 radical (unpaired) electrons. The van der Waals surface area contributed by atoms with Crippen LogP contribution in [0.4, 0.5) is 0 Å². The summed E-state index contributed by atoms with van der Waals surface area (Å²) in [5, 5.41) is 2.05. The van der Waals surface area contributed by atoms with Crippen molar-refractivity contribution >= 4 is 34.9 Å². The van der Waals surface area contributed by atoms with Gasteiger partial charge in [-0.1, -0.05) is 0 Å². The number of halogens is 2. The van der Waals surface area contributed by atoms with Gasteiger partial charge in [-0.25, -0.2) is 0 Å². The molecule has 0 saturated carbocycles. The van der Waals surface area contributed by atoms with E-state index in [0.717, 1.165) is 0 Å². The van der Waals surface area contributed by atoms with Gasteiger partial charge in [0.05, 0.1) is 32.9 Å². The van der Waals surface area contributed by atoms with Crippen LogP contribution in [0.15, 0.2) is 0 Å². The van der Waals surface area contributed by atoms with Crippen molar-refractivity contribution in [1.82, 2.24) is 0 Å². The van der Waals surface area contributed by atoms with E-state index in [2.05, 4.69) is 83.1 Å². The fourth-order valence-corrected chi connectivity index (χ4v) is 13.1. The molecule has 0 aliphatic heterocycles. The van der Waals surface area contributed by atoms with Crippen molar-refractivity contribution < 1.29 is 15.9 Å². The van der Waals surface area contributed by atoms with Crippen molar-refractivity contribution in [3.63, 3.8) is 0 Å². The summed E-state index contributed by atoms with van der Waals surface area (Å²) in [6.07, 6.45) is 4.42. The van der Waals surface area contributed by atoms with Gasteiger partial charge in [0, 0.05) is 22.3 Å². The van der Waals surface area contributed by atoms with Gasteiger partial charge in [-0.15, -0.1) is 0 Å². The van der Waals surface area contributed by atoms with E-state index in [9.17, 15) is 0 Å². The van der Waals surface area contributed by atoms with E-state index in [1.807, 2.05) is 0 Å². The van der Waals surface area contributed by atoms with E-state index in [1.54, 1.807) is 0 Å². The third-order valence-corrected chi connectivity index (χ3v) is 13.4. The molecule has 0 N–H and O–H groups in total. The van der Waals surface area contributed by atoms with E-state index >= 15 is 0 Å². The Morgan fingerprint density at radius 3 is 0.833 bits per heavy atom. The average molecular weight is 512 g/mol. The summed E-state index contributed by atoms with van der Waals surface area (Å²) in [6.45, 7) is 29.6. The molecule has 0 heterocycles. The molecule has 0 saturated heterocycles. The van der Waals surface area contributed by atoms with Crippen LogP contribution in [0.25, 0.3) is 0 Å². The van der Waals surface area contributed by atoms with Gasteiger partial charge in [0.1, 0.15) is 0 Å². The van der Waals surface area contributed by atoms with Crippen LogP contribution in [-0.4, -0.2) is 32.9 Å². The molecule has 24 heavy (non-hydrogen) atoms. The second-order valence-electron chi connectivity index (χ2n) is 10.9. The van der Waals surface area contributed by atoms with Crippen LogP contribution in [0.1, 0.15) is 89.5 Å². The zero-order valence-corrected chi connectivity index (χ0v) is 23.3. The zero-order valence-electron chi connectivity index (χ0n) is 18.2. The van der Waals surface area contributed by atoms with Gasteiger partial charge >= 0.3 is 35.0 Å². The normalized spacial score (nSPS) is 14.2. The van der Waals surface area contributed by atoms with Gasteiger partial charge in [0.2, 0.25) is 0 Å². The van der Waals surface area contributed by atoms with Crippen LogP contribution < -0.4 is 0 Å². The zero-order chi connectivity index (χ0) is 20.0. The third kappa shape index (κ3) is 12.5. The molecule has 0 nitrogen and oxygen atoms in total. The molecule has 152 valence electrons. The van der Waals surface area contributed by atoms with Crippen molar-refractivity contribution in [1.29, 1.82) is 0 Å². The standard InChI is InChI=1S/C19H42P2.2ClH.Pd/c1-16(2,3)20(17(4,5)6)14-13-15-21(18(7,8)9)19(10,11)12;;;/h13-15H2,1-12H3;2*1H;/q;;;+2. The molecule has 0 atom stereocenters. The van der Waals surface area contributed by atoms with E-state index in [-0.39, 0.29) is 31.8 Å². The van der Waals surface area contributed by atoms with Crippen LogP contribution in [0.2, 0.25) is 0 Å². The first-order chi connectivity index (χ1) is 10.4. The molecule has 0 aliphatic rings. The molecule has 0 aliphatic carbocycles. The predicted molar refractivity (Wildman–Crippen MR) is 122 cm³/mol. The summed E-state index contributed by atoms with van der Waals surface area (Å²) >= 11 is -0.106. The summed E-state index contributed by atoms with van der Waals surface area (Å²) in [7, 11) is 8.94. The Morgan fingerprint density at radius 2 is 0.708 bits per heavy atom. The van der Waals surface area contributed by atoms with Gasteiger partial charge in [-0.05, 0) is 83.1 Å². The van der Waals surface area contributed by atoms with Crippen LogP contribution in [-0.2, 0) is 15.9 Å². The van der Waals surface area contributed by atoms with Crippen LogP contribution in [0.5, 0.6) is 0 Å². The molecule has 0 rings (SSSR count). The Balaban J connectivity index is 0. The SMILES string of the molecule is CC(C)(C)[PH+](CCC[PH+](C(C)(C)C)C(C)(C)C)C(C)(C)C.[Cl][Pd][Cl].